The molecule has 21 heavy (non-hydrogen) atoms. The minimum atomic E-state index is -0.0363. The Morgan fingerprint density at radius 1 is 1.14 bits per heavy atom. The first-order chi connectivity index (χ1) is 10.3. The summed E-state index contributed by atoms with van der Waals surface area (Å²) in [7, 11) is 0. The van der Waals surface area contributed by atoms with Crippen LogP contribution in [0.4, 0.5) is 0 Å². The molecule has 1 aromatic heterocycles. The van der Waals surface area contributed by atoms with Gasteiger partial charge in [-0.1, -0.05) is 36.4 Å². The third-order valence-electron chi connectivity index (χ3n) is 3.62. The lowest BCUT2D eigenvalue weighted by Crippen LogP contribution is -2.10. The van der Waals surface area contributed by atoms with Gasteiger partial charge in [-0.25, -0.2) is 0 Å². The molecule has 0 aliphatic rings. The molecule has 0 spiro atoms. The van der Waals surface area contributed by atoms with Crippen LogP contribution < -0.4 is 10.5 Å². The van der Waals surface area contributed by atoms with E-state index in [1.807, 2.05) is 19.1 Å². The zero-order chi connectivity index (χ0) is 14.7. The molecular weight excluding hydrogens is 278 g/mol. The van der Waals surface area contributed by atoms with Gasteiger partial charge in [-0.2, -0.15) is 11.3 Å². The van der Waals surface area contributed by atoms with Crippen molar-refractivity contribution in [3.05, 3.63) is 64.4 Å². The molecule has 0 fully saturated rings. The fourth-order valence-electron chi connectivity index (χ4n) is 2.49. The van der Waals surface area contributed by atoms with Crippen molar-refractivity contribution < 1.29 is 4.74 Å². The fraction of sp³-hybridized carbons (Fsp3) is 0.222. The third-order valence-corrected chi connectivity index (χ3v) is 4.35. The highest BCUT2D eigenvalue weighted by molar-refractivity contribution is 7.07. The number of benzene rings is 2. The summed E-state index contributed by atoms with van der Waals surface area (Å²) in [5.74, 6) is 0.929. The van der Waals surface area contributed by atoms with E-state index in [1.54, 1.807) is 11.3 Å². The molecule has 108 valence electrons. The van der Waals surface area contributed by atoms with Gasteiger partial charge in [-0.3, -0.25) is 0 Å². The van der Waals surface area contributed by atoms with E-state index in [0.717, 1.165) is 23.1 Å². The summed E-state index contributed by atoms with van der Waals surface area (Å²) in [6, 6.07) is 14.6. The highest BCUT2D eigenvalue weighted by Crippen LogP contribution is 2.33. The fourth-order valence-corrected chi connectivity index (χ4v) is 3.19. The number of ether oxygens (including phenoxy) is 1. The summed E-state index contributed by atoms with van der Waals surface area (Å²) < 4.78 is 6.11. The minimum Gasteiger partial charge on any atom is -0.492 e. The Bertz CT molecular complexity index is 719. The van der Waals surface area contributed by atoms with Crippen molar-refractivity contribution in [3.8, 4) is 5.75 Å². The van der Waals surface area contributed by atoms with Crippen LogP contribution in [-0.2, 0) is 6.42 Å². The zero-order valence-electron chi connectivity index (χ0n) is 12.1. The molecule has 3 heteroatoms. The molecule has 0 amide bonds. The Kier molecular flexibility index (Phi) is 4.23. The van der Waals surface area contributed by atoms with Crippen molar-refractivity contribution in [1.29, 1.82) is 0 Å². The number of hydrogen-bond donors (Lipinski definition) is 1. The second-order valence-corrected chi connectivity index (χ2v) is 6.00. The first-order valence-electron chi connectivity index (χ1n) is 7.17. The van der Waals surface area contributed by atoms with Gasteiger partial charge in [0.15, 0.2) is 0 Å². The van der Waals surface area contributed by atoms with Crippen molar-refractivity contribution in [2.45, 2.75) is 19.4 Å². The van der Waals surface area contributed by atoms with Crippen molar-refractivity contribution in [3.63, 3.8) is 0 Å². The average Bonchev–Trinajstić information content (AvgIpc) is 3.00. The second kappa shape index (κ2) is 6.29. The van der Waals surface area contributed by atoms with E-state index < -0.39 is 0 Å². The Morgan fingerprint density at radius 2 is 2.00 bits per heavy atom. The summed E-state index contributed by atoms with van der Waals surface area (Å²) in [5, 5.41) is 6.59. The van der Waals surface area contributed by atoms with Crippen LogP contribution in [-0.4, -0.2) is 6.61 Å². The normalized spacial score (nSPS) is 12.5. The lowest BCUT2D eigenvalue weighted by molar-refractivity contribution is 0.321. The van der Waals surface area contributed by atoms with Crippen LogP contribution in [0.1, 0.15) is 24.1 Å². The molecule has 0 aliphatic heterocycles. The Hall–Kier alpha value is -1.84. The smallest absolute Gasteiger partial charge is 0.131 e. The van der Waals surface area contributed by atoms with Gasteiger partial charge in [0.2, 0.25) is 0 Å². The molecule has 1 heterocycles. The van der Waals surface area contributed by atoms with Crippen molar-refractivity contribution in [2.24, 2.45) is 5.73 Å². The zero-order valence-corrected chi connectivity index (χ0v) is 12.9. The highest BCUT2D eigenvalue weighted by Gasteiger charge is 2.12. The molecule has 0 aliphatic carbocycles. The molecule has 3 aromatic rings. The van der Waals surface area contributed by atoms with Crippen LogP contribution in [0, 0.1) is 0 Å². The van der Waals surface area contributed by atoms with Gasteiger partial charge in [-0.05, 0) is 34.7 Å². The van der Waals surface area contributed by atoms with Gasteiger partial charge >= 0.3 is 0 Å². The molecule has 2 aromatic carbocycles. The molecular formula is C18H19NOS. The summed E-state index contributed by atoms with van der Waals surface area (Å²) >= 11 is 1.72. The highest BCUT2D eigenvalue weighted by atomic mass is 32.1. The van der Waals surface area contributed by atoms with E-state index in [1.165, 1.54) is 10.9 Å². The van der Waals surface area contributed by atoms with Gasteiger partial charge in [0, 0.05) is 23.4 Å². The first kappa shape index (κ1) is 14.1. The van der Waals surface area contributed by atoms with E-state index in [0.29, 0.717) is 6.61 Å². The Morgan fingerprint density at radius 3 is 2.76 bits per heavy atom. The van der Waals surface area contributed by atoms with Crippen LogP contribution in [0.25, 0.3) is 10.8 Å². The average molecular weight is 297 g/mol. The van der Waals surface area contributed by atoms with Crippen molar-refractivity contribution in [1.82, 2.24) is 0 Å². The molecule has 2 N–H and O–H groups in total. The van der Waals surface area contributed by atoms with Crippen molar-refractivity contribution >= 4 is 22.1 Å². The van der Waals surface area contributed by atoms with Gasteiger partial charge in [0.05, 0.1) is 6.61 Å². The number of rotatable bonds is 5. The van der Waals surface area contributed by atoms with Crippen LogP contribution in [0.15, 0.2) is 53.2 Å². The second-order valence-electron chi connectivity index (χ2n) is 5.22. The molecule has 0 saturated carbocycles. The van der Waals surface area contributed by atoms with Gasteiger partial charge in [0.25, 0.3) is 0 Å². The molecule has 3 rings (SSSR count). The lowest BCUT2D eigenvalue weighted by Gasteiger charge is -2.16. The maximum atomic E-state index is 6.11. The maximum absolute atomic E-state index is 6.11. The molecule has 0 bridgehead atoms. The topological polar surface area (TPSA) is 35.2 Å². The standard InChI is InChI=1S/C18H19NOS/c1-13(19)16-7-6-15-4-2-3-5-17(15)18(16)20-10-8-14-9-11-21-12-14/h2-7,9,11-13H,8,10,19H2,1H3. The number of fused-ring (bicyclic) bond motifs is 1. The molecule has 2 nitrogen and oxygen atoms in total. The van der Waals surface area contributed by atoms with Gasteiger partial charge in [0.1, 0.15) is 5.75 Å². The summed E-state index contributed by atoms with van der Waals surface area (Å²) in [6.07, 6.45) is 0.922. The van der Waals surface area contributed by atoms with E-state index in [4.69, 9.17) is 10.5 Å². The Labute approximate surface area is 129 Å². The van der Waals surface area contributed by atoms with Crippen LogP contribution in [0.5, 0.6) is 5.75 Å². The first-order valence-corrected chi connectivity index (χ1v) is 8.11. The monoisotopic (exact) mass is 297 g/mol. The number of thiophene rings is 1. The maximum Gasteiger partial charge on any atom is 0.131 e. The molecule has 0 radical (unpaired) electrons. The summed E-state index contributed by atoms with van der Waals surface area (Å²) in [4.78, 5) is 0. The Balaban J connectivity index is 1.89. The molecule has 0 saturated heterocycles. The van der Waals surface area contributed by atoms with Crippen LogP contribution in [0.3, 0.4) is 0 Å². The largest absolute Gasteiger partial charge is 0.492 e. The van der Waals surface area contributed by atoms with Gasteiger partial charge in [-0.15, -0.1) is 0 Å². The molecule has 1 unspecified atom stereocenters. The third kappa shape index (κ3) is 3.09. The van der Waals surface area contributed by atoms with Crippen LogP contribution >= 0.6 is 11.3 Å². The predicted octanol–water partition coefficient (Wildman–Crippen LogP) is 4.54. The van der Waals surface area contributed by atoms with Crippen LogP contribution in [0.2, 0.25) is 0 Å². The van der Waals surface area contributed by atoms with E-state index in [-0.39, 0.29) is 6.04 Å². The van der Waals surface area contributed by atoms with E-state index in [2.05, 4.69) is 41.1 Å². The summed E-state index contributed by atoms with van der Waals surface area (Å²) in [5.41, 5.74) is 8.48. The van der Waals surface area contributed by atoms with Gasteiger partial charge < -0.3 is 10.5 Å². The summed E-state index contributed by atoms with van der Waals surface area (Å²) in [6.45, 7) is 2.67. The molecule has 1 atom stereocenters. The minimum absolute atomic E-state index is 0.0363. The quantitative estimate of drug-likeness (QED) is 0.750. The number of nitrogens with two attached hydrogens (primary N) is 1. The number of hydrogen-bond acceptors (Lipinski definition) is 3. The van der Waals surface area contributed by atoms with E-state index >= 15 is 0 Å². The van der Waals surface area contributed by atoms with E-state index in [9.17, 15) is 0 Å². The predicted molar refractivity (Wildman–Crippen MR) is 90.1 cm³/mol. The SMILES string of the molecule is CC(N)c1ccc2ccccc2c1OCCc1ccsc1. The van der Waals surface area contributed by atoms with Crippen molar-refractivity contribution in [2.75, 3.05) is 6.61 Å². The lowest BCUT2D eigenvalue weighted by atomic mass is 10.0.